The van der Waals surface area contributed by atoms with Crippen LogP contribution in [0.4, 0.5) is 15.8 Å². The minimum absolute atomic E-state index is 0.105. The van der Waals surface area contributed by atoms with Crippen LogP contribution in [0.2, 0.25) is 0 Å². The van der Waals surface area contributed by atoms with Gasteiger partial charge in [0.15, 0.2) is 0 Å². The van der Waals surface area contributed by atoms with E-state index in [1.165, 1.54) is 6.07 Å². The second kappa shape index (κ2) is 7.26. The van der Waals surface area contributed by atoms with Gasteiger partial charge in [0.2, 0.25) is 11.8 Å². The van der Waals surface area contributed by atoms with Gasteiger partial charge in [-0.25, -0.2) is 4.39 Å². The summed E-state index contributed by atoms with van der Waals surface area (Å²) in [6, 6.07) is 14.2. The van der Waals surface area contributed by atoms with Gasteiger partial charge in [-0.3, -0.25) is 9.59 Å². The molecule has 146 valence electrons. The van der Waals surface area contributed by atoms with E-state index in [2.05, 4.69) is 5.32 Å². The summed E-state index contributed by atoms with van der Waals surface area (Å²) in [5.41, 5.74) is 1.34. The number of rotatable bonds is 4. The lowest BCUT2D eigenvalue weighted by Crippen LogP contribution is -2.52. The molecule has 1 aliphatic carbocycles. The lowest BCUT2D eigenvalue weighted by molar-refractivity contribution is -0.142. The fraction of sp³-hybridized carbons (Fsp3) is 0.364. The molecular formula is C22H24FN3O2. The molecule has 1 saturated carbocycles. The molecule has 1 aliphatic heterocycles. The molecule has 2 aromatic carbocycles. The molecule has 6 heteroatoms. The van der Waals surface area contributed by atoms with Crippen molar-refractivity contribution < 1.29 is 14.0 Å². The minimum Gasteiger partial charge on any atom is -0.366 e. The van der Waals surface area contributed by atoms with Gasteiger partial charge in [0, 0.05) is 31.9 Å². The number of piperazine rings is 1. The van der Waals surface area contributed by atoms with Gasteiger partial charge in [0.1, 0.15) is 11.2 Å². The summed E-state index contributed by atoms with van der Waals surface area (Å²) in [7, 11) is 0. The van der Waals surface area contributed by atoms with Crippen LogP contribution < -0.4 is 10.2 Å². The van der Waals surface area contributed by atoms with Crippen LogP contribution in [0.5, 0.6) is 0 Å². The van der Waals surface area contributed by atoms with E-state index < -0.39 is 5.41 Å². The largest absolute Gasteiger partial charge is 0.366 e. The normalized spacial score (nSPS) is 17.9. The van der Waals surface area contributed by atoms with Crippen LogP contribution in [0.1, 0.15) is 18.4 Å². The molecule has 5 nitrogen and oxygen atoms in total. The van der Waals surface area contributed by atoms with Crippen molar-refractivity contribution in [2.24, 2.45) is 5.41 Å². The average molecular weight is 381 g/mol. The number of aryl methyl sites for hydroxylation is 1. The number of carbonyl (C=O) groups excluding carboxylic acids is 2. The van der Waals surface area contributed by atoms with Crippen molar-refractivity contribution in [3.05, 3.63) is 59.9 Å². The summed E-state index contributed by atoms with van der Waals surface area (Å²) in [5.74, 6) is -0.575. The van der Waals surface area contributed by atoms with Gasteiger partial charge in [-0.15, -0.1) is 0 Å². The first-order valence-corrected chi connectivity index (χ1v) is 9.67. The van der Waals surface area contributed by atoms with Gasteiger partial charge in [-0.05, 0) is 43.5 Å². The second-order valence-electron chi connectivity index (χ2n) is 7.58. The molecule has 0 spiro atoms. The zero-order valence-electron chi connectivity index (χ0n) is 16.0. The molecule has 1 saturated heterocycles. The van der Waals surface area contributed by atoms with Crippen LogP contribution in [0.3, 0.4) is 0 Å². The van der Waals surface area contributed by atoms with Crippen LogP contribution >= 0.6 is 0 Å². The predicted octanol–water partition coefficient (Wildman–Crippen LogP) is 3.20. The number of para-hydroxylation sites is 2. The third-order valence-electron chi connectivity index (χ3n) is 5.75. The molecule has 0 aromatic heterocycles. The zero-order chi connectivity index (χ0) is 19.7. The Hall–Kier alpha value is -2.89. The summed E-state index contributed by atoms with van der Waals surface area (Å²) >= 11 is 0. The zero-order valence-corrected chi connectivity index (χ0v) is 16.0. The highest BCUT2D eigenvalue weighted by Crippen LogP contribution is 2.48. The molecular weight excluding hydrogens is 357 g/mol. The average Bonchev–Trinajstić information content (AvgIpc) is 3.52. The summed E-state index contributed by atoms with van der Waals surface area (Å²) in [4.78, 5) is 29.6. The number of hydrogen-bond acceptors (Lipinski definition) is 3. The topological polar surface area (TPSA) is 52.7 Å². The molecule has 2 aliphatic rings. The van der Waals surface area contributed by atoms with Crippen LogP contribution in [0.15, 0.2) is 48.5 Å². The maximum atomic E-state index is 14.0. The molecule has 2 fully saturated rings. The standard InChI is InChI=1S/C22H24FN3O2/c1-16-6-2-4-8-18(16)24-20(27)22(10-11-22)21(28)26-14-12-25(13-15-26)19-9-5-3-7-17(19)23/h2-9H,10-15H2,1H3,(H,24,27). The highest BCUT2D eigenvalue weighted by molar-refractivity contribution is 6.13. The smallest absolute Gasteiger partial charge is 0.240 e. The summed E-state index contributed by atoms with van der Waals surface area (Å²) in [6.45, 7) is 4.03. The first-order valence-electron chi connectivity index (χ1n) is 9.67. The van der Waals surface area contributed by atoms with E-state index in [-0.39, 0.29) is 17.6 Å². The third-order valence-corrected chi connectivity index (χ3v) is 5.75. The monoisotopic (exact) mass is 381 g/mol. The van der Waals surface area contributed by atoms with Crippen LogP contribution in [-0.4, -0.2) is 42.9 Å². The maximum Gasteiger partial charge on any atom is 0.240 e. The molecule has 2 aromatic rings. The van der Waals surface area contributed by atoms with Gasteiger partial charge in [0.05, 0.1) is 5.69 Å². The van der Waals surface area contributed by atoms with Crippen molar-refractivity contribution >= 4 is 23.2 Å². The van der Waals surface area contributed by atoms with E-state index >= 15 is 0 Å². The van der Waals surface area contributed by atoms with Crippen LogP contribution in [-0.2, 0) is 9.59 Å². The van der Waals surface area contributed by atoms with E-state index in [1.807, 2.05) is 42.2 Å². The van der Waals surface area contributed by atoms with Gasteiger partial charge >= 0.3 is 0 Å². The number of halogens is 1. The highest BCUT2D eigenvalue weighted by Gasteiger charge is 2.58. The number of nitrogens with one attached hydrogen (secondary N) is 1. The number of anilines is 2. The number of nitrogens with zero attached hydrogens (tertiary/aromatic N) is 2. The van der Waals surface area contributed by atoms with Gasteiger partial charge < -0.3 is 15.1 Å². The molecule has 0 bridgehead atoms. The first kappa shape index (κ1) is 18.5. The Morgan fingerprint density at radius 3 is 2.25 bits per heavy atom. The fourth-order valence-corrected chi connectivity index (χ4v) is 3.78. The van der Waals surface area contributed by atoms with Gasteiger partial charge in [0.25, 0.3) is 0 Å². The third kappa shape index (κ3) is 3.35. The Balaban J connectivity index is 1.40. The van der Waals surface area contributed by atoms with Crippen molar-refractivity contribution in [1.82, 2.24) is 4.90 Å². The Labute approximate surface area is 164 Å². The molecule has 0 atom stereocenters. The lowest BCUT2D eigenvalue weighted by atomic mass is 10.0. The molecule has 4 rings (SSSR count). The van der Waals surface area contributed by atoms with E-state index in [0.29, 0.717) is 44.7 Å². The predicted molar refractivity (Wildman–Crippen MR) is 107 cm³/mol. The van der Waals surface area contributed by atoms with E-state index in [1.54, 1.807) is 17.0 Å². The molecule has 1 heterocycles. The van der Waals surface area contributed by atoms with E-state index in [4.69, 9.17) is 0 Å². The van der Waals surface area contributed by atoms with Crippen molar-refractivity contribution in [3.8, 4) is 0 Å². The molecule has 0 radical (unpaired) electrons. The van der Waals surface area contributed by atoms with Crippen molar-refractivity contribution in [2.45, 2.75) is 19.8 Å². The Bertz CT molecular complexity index is 902. The first-order chi connectivity index (χ1) is 13.5. The molecule has 1 N–H and O–H groups in total. The number of benzene rings is 2. The number of amides is 2. The lowest BCUT2D eigenvalue weighted by Gasteiger charge is -2.37. The summed E-state index contributed by atoms with van der Waals surface area (Å²) in [5, 5.41) is 2.93. The Morgan fingerprint density at radius 1 is 0.964 bits per heavy atom. The van der Waals surface area contributed by atoms with Gasteiger partial charge in [-0.1, -0.05) is 30.3 Å². The fourth-order valence-electron chi connectivity index (χ4n) is 3.78. The van der Waals surface area contributed by atoms with E-state index in [9.17, 15) is 14.0 Å². The second-order valence-corrected chi connectivity index (χ2v) is 7.58. The summed E-state index contributed by atoms with van der Waals surface area (Å²) < 4.78 is 14.0. The van der Waals surface area contributed by atoms with Crippen molar-refractivity contribution in [2.75, 3.05) is 36.4 Å². The Kier molecular flexibility index (Phi) is 4.79. The number of carbonyl (C=O) groups is 2. The van der Waals surface area contributed by atoms with Crippen LogP contribution in [0, 0.1) is 18.2 Å². The highest BCUT2D eigenvalue weighted by atomic mass is 19.1. The van der Waals surface area contributed by atoms with Crippen molar-refractivity contribution in [1.29, 1.82) is 0 Å². The number of hydrogen-bond donors (Lipinski definition) is 1. The maximum absolute atomic E-state index is 14.0. The summed E-state index contributed by atoms with van der Waals surface area (Å²) in [6.07, 6.45) is 1.16. The SMILES string of the molecule is Cc1ccccc1NC(=O)C1(C(=O)N2CCN(c3ccccc3F)CC2)CC1. The molecule has 28 heavy (non-hydrogen) atoms. The molecule has 0 unspecified atom stereocenters. The van der Waals surface area contributed by atoms with Gasteiger partial charge in [-0.2, -0.15) is 0 Å². The quantitative estimate of drug-likeness (QED) is 0.828. The van der Waals surface area contributed by atoms with Crippen LogP contribution in [0.25, 0.3) is 0 Å². The minimum atomic E-state index is -0.942. The van der Waals surface area contributed by atoms with E-state index in [0.717, 1.165) is 11.3 Å². The van der Waals surface area contributed by atoms with Crippen molar-refractivity contribution in [3.63, 3.8) is 0 Å². The Morgan fingerprint density at radius 2 is 1.61 bits per heavy atom. The molecule has 2 amide bonds.